The molecule has 0 unspecified atom stereocenters. The van der Waals surface area contributed by atoms with Crippen LogP contribution in [0.4, 0.5) is 0 Å². The molecule has 0 aromatic rings. The monoisotopic (exact) mass is 687 g/mol. The summed E-state index contributed by atoms with van der Waals surface area (Å²) in [5.41, 5.74) is 13.8. The van der Waals surface area contributed by atoms with Crippen molar-refractivity contribution in [3.8, 4) is 0 Å². The first kappa shape index (κ1) is 40.0. The summed E-state index contributed by atoms with van der Waals surface area (Å²) >= 11 is 0. The van der Waals surface area contributed by atoms with Crippen molar-refractivity contribution in [1.82, 2.24) is 10.2 Å². The predicted molar refractivity (Wildman–Crippen MR) is 196 cm³/mol. The lowest BCUT2D eigenvalue weighted by molar-refractivity contribution is -0.234. The first-order valence-corrected chi connectivity index (χ1v) is 19.4. The van der Waals surface area contributed by atoms with Crippen LogP contribution in [-0.4, -0.2) is 84.6 Å². The van der Waals surface area contributed by atoms with E-state index in [0.717, 1.165) is 82.1 Å². The van der Waals surface area contributed by atoms with E-state index in [2.05, 4.69) is 57.8 Å². The highest BCUT2D eigenvalue weighted by molar-refractivity contribution is 5.94. The Morgan fingerprint density at radius 1 is 0.959 bits per heavy atom. The number of nitrogens with one attached hydrogen (secondary N) is 1. The third kappa shape index (κ3) is 8.16. The summed E-state index contributed by atoms with van der Waals surface area (Å²) in [4.78, 5) is 29.3. The van der Waals surface area contributed by atoms with E-state index < -0.39 is 12.2 Å². The van der Waals surface area contributed by atoms with Gasteiger partial charge < -0.3 is 36.6 Å². The van der Waals surface area contributed by atoms with Crippen LogP contribution in [-0.2, 0) is 14.3 Å². The molecule has 0 heterocycles. The molecule has 0 bridgehead atoms. The van der Waals surface area contributed by atoms with E-state index in [4.69, 9.17) is 16.2 Å². The number of hydrogen-bond donors (Lipinski definition) is 5. The minimum atomic E-state index is -0.542. The SMILES string of the molecule is CC(=O)O[C@H]1C[C@@]2(C)[C@@H](C[C@@H](O)[C@H]3[C@@]4(C)CC[C@@H](O)[C@@H](C)[C@@H]4CC[C@@]32C)/C1=C(\CCC=C(C)C)C(=O)NCCCN(CCCN)CCCN. The molecular formula is C40H70N4O5. The standard InChI is InChI=1S/C40H70N4O5/c1-26(2)12-8-13-29(37(48)43-20-11-23-44(21-9-18-41)22-10-19-42)35-31-24-33(47)36-38(5)16-15-32(46)27(3)30(38)14-17-39(36,6)40(31,7)25-34(35)49-28(4)45/h12,27,30-34,36,46-47H,8-11,13-25,41-42H2,1-7H3,(H,43,48)/b35-29-/t27-,30-,31-,32+,33+,34-,36-,38-,39-,40-/m0/s1. The normalized spacial score (nSPS) is 37.9. The van der Waals surface area contributed by atoms with Crippen molar-refractivity contribution in [3.63, 3.8) is 0 Å². The van der Waals surface area contributed by atoms with Crippen LogP contribution in [0.25, 0.3) is 0 Å². The molecule has 0 aliphatic heterocycles. The first-order chi connectivity index (χ1) is 23.1. The van der Waals surface area contributed by atoms with Crippen molar-refractivity contribution in [2.75, 3.05) is 39.3 Å². The number of fused-ring (bicyclic) bond motifs is 5. The Balaban J connectivity index is 1.68. The fraction of sp³-hybridized carbons (Fsp3) is 0.850. The van der Waals surface area contributed by atoms with E-state index in [1.165, 1.54) is 12.5 Å². The number of carbonyl (C=O) groups is 2. The molecule has 280 valence electrons. The van der Waals surface area contributed by atoms with Gasteiger partial charge in [0, 0.05) is 19.0 Å². The van der Waals surface area contributed by atoms with E-state index in [1.54, 1.807) is 0 Å². The minimum absolute atomic E-state index is 0.0664. The van der Waals surface area contributed by atoms with Crippen molar-refractivity contribution in [2.45, 2.75) is 137 Å². The van der Waals surface area contributed by atoms with Crippen molar-refractivity contribution in [3.05, 3.63) is 22.8 Å². The van der Waals surface area contributed by atoms with Gasteiger partial charge in [-0.05, 0) is 163 Å². The smallest absolute Gasteiger partial charge is 0.303 e. The molecule has 49 heavy (non-hydrogen) atoms. The first-order valence-electron chi connectivity index (χ1n) is 19.4. The van der Waals surface area contributed by atoms with E-state index >= 15 is 0 Å². The average molecular weight is 687 g/mol. The lowest BCUT2D eigenvalue weighted by Gasteiger charge is -2.69. The highest BCUT2D eigenvalue weighted by Crippen LogP contribution is 2.74. The van der Waals surface area contributed by atoms with Crippen molar-refractivity contribution < 1.29 is 24.5 Å². The maximum atomic E-state index is 14.3. The second kappa shape index (κ2) is 16.7. The highest BCUT2D eigenvalue weighted by atomic mass is 16.5. The molecule has 4 rings (SSSR count). The number of carbonyl (C=O) groups excluding carboxylic acids is 2. The Morgan fingerprint density at radius 2 is 1.61 bits per heavy atom. The Labute approximate surface area is 297 Å². The predicted octanol–water partition coefficient (Wildman–Crippen LogP) is 5.09. The van der Waals surface area contributed by atoms with Gasteiger partial charge in [-0.2, -0.15) is 0 Å². The van der Waals surface area contributed by atoms with Gasteiger partial charge in [0.05, 0.1) is 12.2 Å². The fourth-order valence-corrected chi connectivity index (χ4v) is 11.4. The summed E-state index contributed by atoms with van der Waals surface area (Å²) in [6.45, 7) is 19.5. The molecule has 0 spiro atoms. The fourth-order valence-electron chi connectivity index (χ4n) is 11.4. The molecular weight excluding hydrogens is 616 g/mol. The Bertz CT molecular complexity index is 1210. The highest BCUT2D eigenvalue weighted by Gasteiger charge is 2.70. The number of nitrogens with zero attached hydrogens (tertiary/aromatic N) is 1. The van der Waals surface area contributed by atoms with Gasteiger partial charge in [0.25, 0.3) is 0 Å². The number of nitrogens with two attached hydrogens (primary N) is 2. The van der Waals surface area contributed by atoms with Crippen LogP contribution in [0, 0.1) is 39.9 Å². The number of allylic oxidation sites excluding steroid dienone is 2. The second-order valence-corrected chi connectivity index (χ2v) is 17.1. The zero-order valence-corrected chi connectivity index (χ0v) is 31.9. The number of aliphatic hydroxyl groups is 2. The zero-order valence-electron chi connectivity index (χ0n) is 31.9. The molecule has 0 aromatic heterocycles. The van der Waals surface area contributed by atoms with Crippen LogP contribution in [0.15, 0.2) is 22.8 Å². The summed E-state index contributed by atoms with van der Waals surface area (Å²) in [6.07, 6.45) is 9.64. The summed E-state index contributed by atoms with van der Waals surface area (Å²) in [6, 6.07) is 0. The van der Waals surface area contributed by atoms with E-state index in [0.29, 0.717) is 44.8 Å². The van der Waals surface area contributed by atoms with Gasteiger partial charge >= 0.3 is 5.97 Å². The van der Waals surface area contributed by atoms with Gasteiger partial charge in [0.1, 0.15) is 6.10 Å². The number of hydrogen-bond acceptors (Lipinski definition) is 8. The number of ether oxygens (including phenoxy) is 1. The van der Waals surface area contributed by atoms with Crippen molar-refractivity contribution >= 4 is 11.9 Å². The number of rotatable bonds is 15. The van der Waals surface area contributed by atoms with Gasteiger partial charge in [-0.15, -0.1) is 0 Å². The largest absolute Gasteiger partial charge is 0.458 e. The number of aliphatic hydroxyl groups excluding tert-OH is 2. The van der Waals surface area contributed by atoms with Gasteiger partial charge in [-0.1, -0.05) is 39.3 Å². The molecule has 4 fully saturated rings. The molecule has 7 N–H and O–H groups in total. The molecule has 9 nitrogen and oxygen atoms in total. The molecule has 10 atom stereocenters. The third-order valence-corrected chi connectivity index (χ3v) is 13.9. The molecule has 4 aliphatic carbocycles. The number of amides is 1. The summed E-state index contributed by atoms with van der Waals surface area (Å²) < 4.78 is 6.16. The third-order valence-electron chi connectivity index (χ3n) is 13.9. The van der Waals surface area contributed by atoms with Crippen LogP contribution in [0.2, 0.25) is 0 Å². The quantitative estimate of drug-likeness (QED) is 0.0692. The summed E-state index contributed by atoms with van der Waals surface area (Å²) in [5, 5.41) is 26.4. The molecule has 9 heteroatoms. The molecule has 0 aromatic carbocycles. The maximum absolute atomic E-state index is 14.3. The van der Waals surface area contributed by atoms with Crippen LogP contribution >= 0.6 is 0 Å². The lowest BCUT2D eigenvalue weighted by atomic mass is 9.36. The average Bonchev–Trinajstić information content (AvgIpc) is 3.31. The van der Waals surface area contributed by atoms with Gasteiger partial charge in [-0.3, -0.25) is 9.59 Å². The molecule has 0 saturated heterocycles. The Morgan fingerprint density at radius 3 is 2.22 bits per heavy atom. The second-order valence-electron chi connectivity index (χ2n) is 17.1. The van der Waals surface area contributed by atoms with Gasteiger partial charge in [0.2, 0.25) is 5.91 Å². The zero-order chi connectivity index (χ0) is 36.1. The Hall–Kier alpha value is -1.78. The van der Waals surface area contributed by atoms with Crippen molar-refractivity contribution in [1.29, 1.82) is 0 Å². The van der Waals surface area contributed by atoms with E-state index in [9.17, 15) is 19.8 Å². The summed E-state index contributed by atoms with van der Waals surface area (Å²) in [5.74, 6) is 0.134. The van der Waals surface area contributed by atoms with Crippen LogP contribution in [0.5, 0.6) is 0 Å². The van der Waals surface area contributed by atoms with E-state index in [-0.39, 0.29) is 52.0 Å². The van der Waals surface area contributed by atoms with Gasteiger partial charge in [-0.25, -0.2) is 0 Å². The van der Waals surface area contributed by atoms with Crippen LogP contribution in [0.3, 0.4) is 0 Å². The Kier molecular flexibility index (Phi) is 13.6. The van der Waals surface area contributed by atoms with Gasteiger partial charge in [0.15, 0.2) is 0 Å². The lowest BCUT2D eigenvalue weighted by Crippen LogP contribution is -2.65. The molecule has 4 saturated carbocycles. The van der Waals surface area contributed by atoms with Crippen molar-refractivity contribution in [2.24, 2.45) is 51.4 Å². The summed E-state index contributed by atoms with van der Waals surface area (Å²) in [7, 11) is 0. The van der Waals surface area contributed by atoms with Crippen LogP contribution in [0.1, 0.15) is 119 Å². The molecule has 1 amide bonds. The van der Waals surface area contributed by atoms with Crippen LogP contribution < -0.4 is 16.8 Å². The molecule has 0 radical (unpaired) electrons. The topological polar surface area (TPSA) is 151 Å². The maximum Gasteiger partial charge on any atom is 0.303 e. The molecule has 4 aliphatic rings. The number of esters is 1. The van der Waals surface area contributed by atoms with E-state index in [1.807, 2.05) is 0 Å². The minimum Gasteiger partial charge on any atom is -0.458 e.